The van der Waals surface area contributed by atoms with Crippen molar-refractivity contribution in [3.63, 3.8) is 0 Å². The SMILES string of the molecule is COC(=O)c1cn(CI)nn1. The number of rotatable bonds is 2. The Labute approximate surface area is 76.9 Å². The highest BCUT2D eigenvalue weighted by atomic mass is 127. The molecule has 1 aromatic heterocycles. The molecular formula is C5H6IN3O2. The Morgan fingerprint density at radius 3 is 3.09 bits per heavy atom. The number of carbonyl (C=O) groups excluding carboxylic acids is 1. The van der Waals surface area contributed by atoms with E-state index in [1.807, 2.05) is 0 Å². The van der Waals surface area contributed by atoms with Gasteiger partial charge in [-0.05, 0) is 0 Å². The van der Waals surface area contributed by atoms with Crippen LogP contribution in [0.2, 0.25) is 0 Å². The van der Waals surface area contributed by atoms with Crippen LogP contribution < -0.4 is 0 Å². The van der Waals surface area contributed by atoms with Crippen molar-refractivity contribution in [1.29, 1.82) is 0 Å². The largest absolute Gasteiger partial charge is 0.464 e. The first-order valence-electron chi connectivity index (χ1n) is 2.82. The summed E-state index contributed by atoms with van der Waals surface area (Å²) >= 11 is 2.11. The molecule has 0 amide bonds. The van der Waals surface area contributed by atoms with Crippen LogP contribution in [-0.2, 0) is 9.29 Å². The predicted molar refractivity (Wildman–Crippen MR) is 45.4 cm³/mol. The van der Waals surface area contributed by atoms with Crippen molar-refractivity contribution in [3.05, 3.63) is 11.9 Å². The molecular weight excluding hydrogens is 261 g/mol. The molecule has 0 saturated carbocycles. The molecule has 0 aliphatic heterocycles. The van der Waals surface area contributed by atoms with Crippen molar-refractivity contribution >= 4 is 28.6 Å². The van der Waals surface area contributed by atoms with E-state index in [-0.39, 0.29) is 5.69 Å². The fourth-order valence-electron chi connectivity index (χ4n) is 0.555. The average molecular weight is 267 g/mol. The van der Waals surface area contributed by atoms with E-state index in [4.69, 9.17) is 0 Å². The lowest BCUT2D eigenvalue weighted by atomic mass is 10.5. The standard InChI is InChI=1S/C5H6IN3O2/c1-11-5(10)4-2-9(3-6)8-7-4/h2H,3H2,1H3. The van der Waals surface area contributed by atoms with Gasteiger partial charge in [0.15, 0.2) is 5.69 Å². The van der Waals surface area contributed by atoms with Crippen molar-refractivity contribution in [1.82, 2.24) is 15.0 Å². The minimum Gasteiger partial charge on any atom is -0.464 e. The lowest BCUT2D eigenvalue weighted by molar-refractivity contribution is 0.0594. The molecule has 0 aliphatic rings. The zero-order chi connectivity index (χ0) is 8.27. The fraction of sp³-hybridized carbons (Fsp3) is 0.400. The van der Waals surface area contributed by atoms with Crippen molar-refractivity contribution in [2.75, 3.05) is 7.11 Å². The Hall–Kier alpha value is -0.660. The van der Waals surface area contributed by atoms with Crippen LogP contribution in [0.1, 0.15) is 10.5 Å². The number of methoxy groups -OCH3 is 1. The van der Waals surface area contributed by atoms with E-state index in [1.165, 1.54) is 13.3 Å². The van der Waals surface area contributed by atoms with Crippen molar-refractivity contribution in [2.45, 2.75) is 4.55 Å². The number of nitrogens with zero attached hydrogens (tertiary/aromatic N) is 3. The van der Waals surface area contributed by atoms with Gasteiger partial charge < -0.3 is 4.74 Å². The summed E-state index contributed by atoms with van der Waals surface area (Å²) in [5.74, 6) is -0.457. The maximum absolute atomic E-state index is 10.8. The summed E-state index contributed by atoms with van der Waals surface area (Å²) < 4.78 is 6.65. The first kappa shape index (κ1) is 8.44. The summed E-state index contributed by atoms with van der Waals surface area (Å²) in [5.41, 5.74) is 0.240. The van der Waals surface area contributed by atoms with Crippen molar-refractivity contribution in [2.24, 2.45) is 0 Å². The van der Waals surface area contributed by atoms with E-state index >= 15 is 0 Å². The molecule has 0 bridgehead atoms. The molecule has 5 nitrogen and oxygen atoms in total. The number of carbonyl (C=O) groups is 1. The molecule has 0 unspecified atom stereocenters. The maximum Gasteiger partial charge on any atom is 0.360 e. The number of aromatic nitrogens is 3. The zero-order valence-electron chi connectivity index (χ0n) is 5.82. The summed E-state index contributed by atoms with van der Waals surface area (Å²) in [4.78, 5) is 10.8. The third kappa shape index (κ3) is 1.88. The van der Waals surface area contributed by atoms with Crippen LogP contribution in [0, 0.1) is 0 Å². The summed E-state index contributed by atoms with van der Waals surface area (Å²) in [6.07, 6.45) is 1.54. The fourth-order valence-corrected chi connectivity index (χ4v) is 0.888. The van der Waals surface area contributed by atoms with E-state index in [1.54, 1.807) is 4.68 Å². The van der Waals surface area contributed by atoms with E-state index in [9.17, 15) is 4.79 Å². The molecule has 6 heteroatoms. The highest BCUT2D eigenvalue weighted by Gasteiger charge is 2.08. The Bertz CT molecular complexity index is 260. The average Bonchev–Trinajstić information content (AvgIpc) is 2.50. The first-order valence-corrected chi connectivity index (χ1v) is 4.35. The quantitative estimate of drug-likeness (QED) is 0.443. The van der Waals surface area contributed by atoms with Gasteiger partial charge in [0.1, 0.15) is 0 Å². The predicted octanol–water partition coefficient (Wildman–Crippen LogP) is 0.457. The summed E-state index contributed by atoms with van der Waals surface area (Å²) in [7, 11) is 1.31. The molecule has 0 saturated heterocycles. The van der Waals surface area contributed by atoms with Gasteiger partial charge in [-0.25, -0.2) is 9.48 Å². The zero-order valence-corrected chi connectivity index (χ0v) is 7.98. The minimum absolute atomic E-state index is 0.240. The highest BCUT2D eigenvalue weighted by molar-refractivity contribution is 14.1. The number of esters is 1. The van der Waals surface area contributed by atoms with Gasteiger partial charge in [-0.3, -0.25) is 0 Å². The molecule has 1 heterocycles. The van der Waals surface area contributed by atoms with Gasteiger partial charge in [-0.2, -0.15) is 0 Å². The Morgan fingerprint density at radius 2 is 2.64 bits per heavy atom. The highest BCUT2D eigenvalue weighted by Crippen LogP contribution is 1.97. The monoisotopic (exact) mass is 267 g/mol. The van der Waals surface area contributed by atoms with Crippen LogP contribution in [0.25, 0.3) is 0 Å². The molecule has 0 fully saturated rings. The maximum atomic E-state index is 10.8. The second-order valence-electron chi connectivity index (χ2n) is 1.75. The molecule has 11 heavy (non-hydrogen) atoms. The summed E-state index contributed by atoms with van der Waals surface area (Å²) in [6.45, 7) is 0. The minimum atomic E-state index is -0.457. The second-order valence-corrected chi connectivity index (χ2v) is 2.44. The molecule has 0 atom stereocenters. The number of hydrogen-bond acceptors (Lipinski definition) is 4. The molecule has 0 spiro atoms. The number of ether oxygens (including phenoxy) is 1. The summed E-state index contributed by atoms with van der Waals surface area (Å²) in [6, 6.07) is 0. The van der Waals surface area contributed by atoms with Gasteiger partial charge >= 0.3 is 5.97 Å². The first-order chi connectivity index (χ1) is 5.27. The Balaban J connectivity index is 2.80. The van der Waals surface area contributed by atoms with Gasteiger partial charge in [0.05, 0.1) is 17.9 Å². The lowest BCUT2D eigenvalue weighted by Crippen LogP contribution is -2.00. The van der Waals surface area contributed by atoms with E-state index < -0.39 is 5.97 Å². The van der Waals surface area contributed by atoms with Gasteiger partial charge in [0.2, 0.25) is 0 Å². The molecule has 0 aliphatic carbocycles. The molecule has 60 valence electrons. The van der Waals surface area contributed by atoms with Crippen LogP contribution in [-0.4, -0.2) is 28.1 Å². The Morgan fingerprint density at radius 1 is 1.91 bits per heavy atom. The molecule has 0 N–H and O–H groups in total. The lowest BCUT2D eigenvalue weighted by Gasteiger charge is -1.89. The molecule has 0 radical (unpaired) electrons. The second kappa shape index (κ2) is 3.65. The third-order valence-electron chi connectivity index (χ3n) is 1.06. The van der Waals surface area contributed by atoms with Crippen LogP contribution in [0.5, 0.6) is 0 Å². The molecule has 1 rings (SSSR count). The smallest absolute Gasteiger partial charge is 0.360 e. The number of alkyl halides is 1. The van der Waals surface area contributed by atoms with Crippen LogP contribution >= 0.6 is 22.6 Å². The normalized spacial score (nSPS) is 9.64. The molecule has 0 aromatic carbocycles. The number of halogens is 1. The summed E-state index contributed by atoms with van der Waals surface area (Å²) in [5, 5.41) is 7.25. The van der Waals surface area contributed by atoms with E-state index in [0.717, 1.165) is 0 Å². The van der Waals surface area contributed by atoms with Crippen LogP contribution in [0.4, 0.5) is 0 Å². The topological polar surface area (TPSA) is 57.0 Å². The third-order valence-corrected chi connectivity index (χ3v) is 1.75. The molecule has 1 aromatic rings. The van der Waals surface area contributed by atoms with Gasteiger partial charge in [-0.15, -0.1) is 5.10 Å². The van der Waals surface area contributed by atoms with Crippen LogP contribution in [0.3, 0.4) is 0 Å². The van der Waals surface area contributed by atoms with Crippen LogP contribution in [0.15, 0.2) is 6.20 Å². The van der Waals surface area contributed by atoms with Crippen molar-refractivity contribution < 1.29 is 9.53 Å². The van der Waals surface area contributed by atoms with E-state index in [0.29, 0.717) is 4.55 Å². The number of hydrogen-bond donors (Lipinski definition) is 0. The van der Waals surface area contributed by atoms with Gasteiger partial charge in [0, 0.05) is 0 Å². The Kier molecular flexibility index (Phi) is 2.80. The van der Waals surface area contributed by atoms with Crippen molar-refractivity contribution in [3.8, 4) is 0 Å². The van der Waals surface area contributed by atoms with Gasteiger partial charge in [-0.1, -0.05) is 27.8 Å². The van der Waals surface area contributed by atoms with E-state index in [2.05, 4.69) is 37.6 Å². The van der Waals surface area contributed by atoms with Gasteiger partial charge in [0.25, 0.3) is 0 Å².